The normalized spacial score (nSPS) is 20.1. The van der Waals surface area contributed by atoms with Gasteiger partial charge in [-0.05, 0) is 30.7 Å². The van der Waals surface area contributed by atoms with Crippen LogP contribution in [0, 0.1) is 17.2 Å². The number of benzene rings is 1. The molecule has 4 nitrogen and oxygen atoms in total. The summed E-state index contributed by atoms with van der Waals surface area (Å²) in [6, 6.07) is 9.56. The first-order valence-electron chi connectivity index (χ1n) is 5.63. The zero-order valence-corrected chi connectivity index (χ0v) is 9.47. The summed E-state index contributed by atoms with van der Waals surface area (Å²) in [5.74, 6) is -0.951. The summed E-state index contributed by atoms with van der Waals surface area (Å²) < 4.78 is 0. The molecular weight excluding hydrogens is 216 g/mol. The molecule has 88 valence electrons. The summed E-state index contributed by atoms with van der Waals surface area (Å²) in [6.45, 7) is 2.14. The summed E-state index contributed by atoms with van der Waals surface area (Å²) in [5.41, 5.74) is 1.71. The molecular formula is C13H14N2O2. The fourth-order valence-corrected chi connectivity index (χ4v) is 2.18. The third kappa shape index (κ3) is 2.83. The maximum Gasteiger partial charge on any atom is 0.307 e. The fourth-order valence-electron chi connectivity index (χ4n) is 2.18. The number of nitriles is 1. The van der Waals surface area contributed by atoms with Crippen molar-refractivity contribution in [3.05, 3.63) is 35.4 Å². The molecule has 4 heteroatoms. The van der Waals surface area contributed by atoms with Gasteiger partial charge < -0.3 is 5.11 Å². The number of carboxylic acid groups (broad SMARTS) is 1. The topological polar surface area (TPSA) is 64.3 Å². The Balaban J connectivity index is 1.98. The van der Waals surface area contributed by atoms with Crippen LogP contribution < -0.4 is 0 Å². The highest BCUT2D eigenvalue weighted by Gasteiger charge is 2.27. The molecule has 0 bridgehead atoms. The standard InChI is InChI=1S/C13H14N2O2/c14-7-10-2-1-3-11(6-10)8-15-5-4-12(9-15)13(16)17/h1-3,6,12H,4-5,8-9H2,(H,16,17). The van der Waals surface area contributed by atoms with E-state index in [1.54, 1.807) is 6.07 Å². The fraction of sp³-hybridized carbons (Fsp3) is 0.385. The van der Waals surface area contributed by atoms with Gasteiger partial charge in [0.2, 0.25) is 0 Å². The summed E-state index contributed by atoms with van der Waals surface area (Å²) in [4.78, 5) is 13.0. The van der Waals surface area contributed by atoms with Crippen molar-refractivity contribution in [3.63, 3.8) is 0 Å². The zero-order chi connectivity index (χ0) is 12.3. The average Bonchev–Trinajstić information content (AvgIpc) is 2.78. The highest BCUT2D eigenvalue weighted by atomic mass is 16.4. The molecule has 1 aliphatic rings. The van der Waals surface area contributed by atoms with Crippen LogP contribution in [0.15, 0.2) is 24.3 Å². The van der Waals surface area contributed by atoms with E-state index in [0.717, 1.165) is 18.7 Å². The van der Waals surface area contributed by atoms with E-state index in [0.29, 0.717) is 18.5 Å². The molecule has 0 radical (unpaired) electrons. The van der Waals surface area contributed by atoms with Gasteiger partial charge in [0.15, 0.2) is 0 Å². The van der Waals surface area contributed by atoms with Crippen LogP contribution in [0.25, 0.3) is 0 Å². The summed E-state index contributed by atoms with van der Waals surface area (Å²) in [5, 5.41) is 17.7. The quantitative estimate of drug-likeness (QED) is 0.853. The molecule has 1 saturated heterocycles. The first-order chi connectivity index (χ1) is 8.19. The molecule has 0 spiro atoms. The monoisotopic (exact) mass is 230 g/mol. The maximum absolute atomic E-state index is 10.8. The van der Waals surface area contributed by atoms with Gasteiger partial charge in [0.1, 0.15) is 0 Å². The van der Waals surface area contributed by atoms with Crippen LogP contribution in [0.5, 0.6) is 0 Å². The molecule has 1 atom stereocenters. The number of carbonyl (C=O) groups is 1. The Morgan fingerprint density at radius 3 is 3.06 bits per heavy atom. The molecule has 0 saturated carbocycles. The Morgan fingerprint density at radius 2 is 2.41 bits per heavy atom. The van der Waals surface area contributed by atoms with E-state index in [1.165, 1.54) is 0 Å². The van der Waals surface area contributed by atoms with Gasteiger partial charge >= 0.3 is 5.97 Å². The minimum Gasteiger partial charge on any atom is -0.481 e. The van der Waals surface area contributed by atoms with E-state index in [1.807, 2.05) is 18.2 Å². The van der Waals surface area contributed by atoms with Crippen molar-refractivity contribution in [1.82, 2.24) is 4.90 Å². The first kappa shape index (κ1) is 11.6. The molecule has 1 heterocycles. The zero-order valence-electron chi connectivity index (χ0n) is 9.47. The van der Waals surface area contributed by atoms with Gasteiger partial charge in [-0.1, -0.05) is 12.1 Å². The van der Waals surface area contributed by atoms with Crippen LogP contribution in [0.2, 0.25) is 0 Å². The van der Waals surface area contributed by atoms with Crippen molar-refractivity contribution in [2.24, 2.45) is 5.92 Å². The van der Waals surface area contributed by atoms with Gasteiger partial charge in [0.25, 0.3) is 0 Å². The van der Waals surface area contributed by atoms with Crippen molar-refractivity contribution in [1.29, 1.82) is 5.26 Å². The number of rotatable bonds is 3. The largest absolute Gasteiger partial charge is 0.481 e. The SMILES string of the molecule is N#Cc1cccc(CN2CCC(C(=O)O)C2)c1. The molecule has 1 N–H and O–H groups in total. The van der Waals surface area contributed by atoms with Gasteiger partial charge in [-0.25, -0.2) is 0 Å². The van der Waals surface area contributed by atoms with E-state index in [-0.39, 0.29) is 5.92 Å². The van der Waals surface area contributed by atoms with Gasteiger partial charge in [-0.2, -0.15) is 5.26 Å². The first-order valence-corrected chi connectivity index (χ1v) is 5.63. The minimum atomic E-state index is -0.710. The van der Waals surface area contributed by atoms with Gasteiger partial charge in [0.05, 0.1) is 17.6 Å². The van der Waals surface area contributed by atoms with Gasteiger partial charge in [0, 0.05) is 13.1 Å². The average molecular weight is 230 g/mol. The van der Waals surface area contributed by atoms with E-state index in [9.17, 15) is 4.79 Å². The van der Waals surface area contributed by atoms with Crippen molar-refractivity contribution in [2.45, 2.75) is 13.0 Å². The number of carboxylic acids is 1. The third-order valence-corrected chi connectivity index (χ3v) is 3.08. The Labute approximate surface area is 100 Å². The lowest BCUT2D eigenvalue weighted by Gasteiger charge is -2.15. The Bertz CT molecular complexity index is 465. The predicted molar refractivity (Wildman–Crippen MR) is 62.2 cm³/mol. The van der Waals surface area contributed by atoms with Crippen LogP contribution >= 0.6 is 0 Å². The molecule has 2 rings (SSSR count). The van der Waals surface area contributed by atoms with Gasteiger partial charge in [-0.3, -0.25) is 9.69 Å². The Kier molecular flexibility index (Phi) is 3.40. The highest BCUT2D eigenvalue weighted by molar-refractivity contribution is 5.70. The lowest BCUT2D eigenvalue weighted by Crippen LogP contribution is -2.22. The summed E-state index contributed by atoms with van der Waals surface area (Å²) >= 11 is 0. The van der Waals surface area contributed by atoms with Crippen molar-refractivity contribution >= 4 is 5.97 Å². The van der Waals surface area contributed by atoms with Crippen LogP contribution in [-0.2, 0) is 11.3 Å². The molecule has 0 aromatic heterocycles. The van der Waals surface area contributed by atoms with E-state index in [2.05, 4.69) is 11.0 Å². The third-order valence-electron chi connectivity index (χ3n) is 3.08. The van der Waals surface area contributed by atoms with Crippen molar-refractivity contribution in [2.75, 3.05) is 13.1 Å². The van der Waals surface area contributed by atoms with Gasteiger partial charge in [-0.15, -0.1) is 0 Å². The lowest BCUT2D eigenvalue weighted by molar-refractivity contribution is -0.141. The van der Waals surface area contributed by atoms with E-state index in [4.69, 9.17) is 10.4 Å². The molecule has 1 aromatic rings. The number of aliphatic carboxylic acids is 1. The highest BCUT2D eigenvalue weighted by Crippen LogP contribution is 2.19. The maximum atomic E-state index is 10.8. The van der Waals surface area contributed by atoms with Crippen LogP contribution in [-0.4, -0.2) is 29.1 Å². The Morgan fingerprint density at radius 1 is 1.59 bits per heavy atom. The number of hydrogen-bond acceptors (Lipinski definition) is 3. The second kappa shape index (κ2) is 4.98. The molecule has 1 aromatic carbocycles. The lowest BCUT2D eigenvalue weighted by atomic mass is 10.1. The molecule has 1 aliphatic heterocycles. The second-order valence-electron chi connectivity index (χ2n) is 4.37. The second-order valence-corrected chi connectivity index (χ2v) is 4.37. The number of hydrogen-bond donors (Lipinski definition) is 1. The van der Waals surface area contributed by atoms with Crippen LogP contribution in [0.3, 0.4) is 0 Å². The number of likely N-dealkylation sites (tertiary alicyclic amines) is 1. The van der Waals surface area contributed by atoms with Crippen LogP contribution in [0.1, 0.15) is 17.5 Å². The van der Waals surface area contributed by atoms with Crippen LogP contribution in [0.4, 0.5) is 0 Å². The smallest absolute Gasteiger partial charge is 0.307 e. The number of nitrogens with zero attached hydrogens (tertiary/aromatic N) is 2. The minimum absolute atomic E-state index is 0.242. The summed E-state index contributed by atoms with van der Waals surface area (Å²) in [6.07, 6.45) is 0.716. The van der Waals surface area contributed by atoms with E-state index >= 15 is 0 Å². The molecule has 1 unspecified atom stereocenters. The van der Waals surface area contributed by atoms with E-state index < -0.39 is 5.97 Å². The summed E-state index contributed by atoms with van der Waals surface area (Å²) in [7, 11) is 0. The van der Waals surface area contributed by atoms with Crippen molar-refractivity contribution < 1.29 is 9.90 Å². The van der Waals surface area contributed by atoms with Crippen molar-refractivity contribution in [3.8, 4) is 6.07 Å². The molecule has 1 fully saturated rings. The molecule has 0 amide bonds. The predicted octanol–water partition coefficient (Wildman–Crippen LogP) is 1.46. The molecule has 0 aliphatic carbocycles. The molecule has 17 heavy (non-hydrogen) atoms. The Hall–Kier alpha value is -1.86.